The molecule has 3 aliphatic carbocycles. The molecule has 0 bridgehead atoms. The monoisotopic (exact) mass is 720 g/mol. The molecule has 3 aliphatic heterocycles. The van der Waals surface area contributed by atoms with Crippen molar-refractivity contribution in [2.75, 3.05) is 0 Å². The number of fused-ring (bicyclic) bond motifs is 9. The van der Waals surface area contributed by atoms with Gasteiger partial charge in [-0.05, 0) is 91.2 Å². The number of carbonyl (C=O) groups is 3. The molecule has 18 heteroatoms. The van der Waals surface area contributed by atoms with E-state index in [1.54, 1.807) is 39.0 Å². The van der Waals surface area contributed by atoms with Gasteiger partial charge in [0.25, 0.3) is 0 Å². The van der Waals surface area contributed by atoms with Crippen molar-refractivity contribution in [3.05, 3.63) is 86.5 Å². The summed E-state index contributed by atoms with van der Waals surface area (Å²) in [5.41, 5.74) is 4.69. The van der Waals surface area contributed by atoms with Crippen LogP contribution >= 0.6 is 0 Å². The van der Waals surface area contributed by atoms with E-state index in [9.17, 15) is 44.8 Å². The predicted molar refractivity (Wildman–Crippen MR) is 166 cm³/mol. The predicted octanol–water partition coefficient (Wildman–Crippen LogP) is -8.72. The molecule has 3 aromatic rings. The molecule has 9 rings (SSSR count). The van der Waals surface area contributed by atoms with Crippen LogP contribution in [0.5, 0.6) is 17.2 Å². The SMILES string of the molecule is Cc1ccc2c(c1C(=O)[O-])OB(O)C1CC21.Cc1ccc2c(c1C(=O)[O-])OB(O)[C@@H]1C[C@H]21.Cc1ccc2c(c1C(=O)[O-])OB(O)[C@H]1C[C@@H]21.[Na+].[Na+].[Na+]. The second-order valence-electron chi connectivity index (χ2n) is 13.4. The number of hydrogen-bond acceptors (Lipinski definition) is 12. The number of rotatable bonds is 3. The summed E-state index contributed by atoms with van der Waals surface area (Å²) in [6.45, 7) is 5.08. The molecule has 3 N–H and O–H groups in total. The van der Waals surface area contributed by atoms with Gasteiger partial charge in [0.1, 0.15) is 17.2 Å². The minimum absolute atomic E-state index is 0. The fourth-order valence-corrected chi connectivity index (χ4v) is 7.40. The van der Waals surface area contributed by atoms with Crippen LogP contribution in [0.3, 0.4) is 0 Å². The van der Waals surface area contributed by atoms with Gasteiger partial charge in [-0.2, -0.15) is 0 Å². The van der Waals surface area contributed by atoms with Gasteiger partial charge in [0.2, 0.25) is 0 Å². The summed E-state index contributed by atoms with van der Waals surface area (Å²) < 4.78 is 15.9. The third-order valence-corrected chi connectivity index (χ3v) is 10.3. The van der Waals surface area contributed by atoms with E-state index in [1.807, 2.05) is 18.2 Å². The molecule has 6 atom stereocenters. The molecule has 3 fully saturated rings. The van der Waals surface area contributed by atoms with Gasteiger partial charge in [0.15, 0.2) is 0 Å². The number of benzene rings is 3. The Bertz CT molecular complexity index is 1680. The van der Waals surface area contributed by atoms with Gasteiger partial charge in [-0.1, -0.05) is 36.4 Å². The van der Waals surface area contributed by atoms with Crippen LogP contribution in [0.25, 0.3) is 0 Å². The van der Waals surface area contributed by atoms with Crippen molar-refractivity contribution in [1.82, 2.24) is 0 Å². The normalized spacial score (nSPS) is 24.0. The zero-order chi connectivity index (χ0) is 34.3. The summed E-state index contributed by atoms with van der Waals surface area (Å²) in [4.78, 5) is 33.1. The zero-order valence-electron chi connectivity index (χ0n) is 29.3. The van der Waals surface area contributed by atoms with Crippen molar-refractivity contribution in [2.24, 2.45) is 0 Å². The largest absolute Gasteiger partial charge is 1.00 e. The van der Waals surface area contributed by atoms with Crippen molar-refractivity contribution in [3.63, 3.8) is 0 Å². The number of carboxylic acid groups (broad SMARTS) is 3. The third kappa shape index (κ3) is 7.88. The Morgan fingerprint density at radius 3 is 0.980 bits per heavy atom. The molecule has 6 aliphatic rings. The van der Waals surface area contributed by atoms with Crippen LogP contribution < -0.4 is 118 Å². The number of hydrogen-bond donors (Lipinski definition) is 3. The summed E-state index contributed by atoms with van der Waals surface area (Å²) in [6, 6.07) is 10.9. The number of aryl methyl sites for hydroxylation is 3. The van der Waals surface area contributed by atoms with Crippen LogP contribution in [0.4, 0.5) is 0 Å². The quantitative estimate of drug-likeness (QED) is 0.216. The minimum atomic E-state index is -1.25. The van der Waals surface area contributed by atoms with Gasteiger partial charge >= 0.3 is 110 Å². The van der Waals surface area contributed by atoms with E-state index in [1.165, 1.54) is 0 Å². The smallest absolute Gasteiger partial charge is 0.545 e. The second kappa shape index (κ2) is 16.1. The first kappa shape index (κ1) is 42.3. The molecule has 3 aromatic carbocycles. The van der Waals surface area contributed by atoms with Crippen LogP contribution in [-0.4, -0.2) is 54.3 Å². The summed E-state index contributed by atoms with van der Waals surface area (Å²) in [5.74, 6) is -1.72. The molecular weight excluding hydrogens is 690 g/mol. The first-order valence-corrected chi connectivity index (χ1v) is 15.9. The van der Waals surface area contributed by atoms with Gasteiger partial charge in [0, 0.05) is 34.1 Å². The molecule has 2 unspecified atom stereocenters. The maximum atomic E-state index is 11.0. The molecule has 0 aromatic heterocycles. The molecular formula is C33H30B3Na3O12. The van der Waals surface area contributed by atoms with Crippen LogP contribution in [0.15, 0.2) is 36.4 Å². The van der Waals surface area contributed by atoms with Crippen molar-refractivity contribution in [1.29, 1.82) is 0 Å². The molecule has 3 heterocycles. The Morgan fingerprint density at radius 1 is 0.529 bits per heavy atom. The van der Waals surface area contributed by atoms with Gasteiger partial charge in [-0.15, -0.1) is 0 Å². The second-order valence-corrected chi connectivity index (χ2v) is 13.4. The van der Waals surface area contributed by atoms with E-state index in [0.29, 0.717) is 33.9 Å². The van der Waals surface area contributed by atoms with E-state index in [-0.39, 0.29) is 141 Å². The van der Waals surface area contributed by atoms with Crippen LogP contribution in [0, 0.1) is 20.8 Å². The van der Waals surface area contributed by atoms with Crippen molar-refractivity contribution >= 4 is 39.3 Å². The van der Waals surface area contributed by atoms with E-state index in [0.717, 1.165) is 36.0 Å². The molecule has 0 saturated heterocycles. The molecule has 3 saturated carbocycles. The van der Waals surface area contributed by atoms with Crippen molar-refractivity contribution < 1.29 is 147 Å². The van der Waals surface area contributed by atoms with Crippen LogP contribution in [0.2, 0.25) is 17.5 Å². The fraction of sp³-hybridized carbons (Fsp3) is 0.364. The molecule has 0 spiro atoms. The summed E-state index contributed by atoms with van der Waals surface area (Å²) in [5, 5.41) is 62.0. The third-order valence-electron chi connectivity index (χ3n) is 10.3. The molecule has 0 amide bonds. The Morgan fingerprint density at radius 2 is 0.765 bits per heavy atom. The van der Waals surface area contributed by atoms with E-state index >= 15 is 0 Å². The molecule has 51 heavy (non-hydrogen) atoms. The van der Waals surface area contributed by atoms with Gasteiger partial charge < -0.3 is 58.7 Å². The topological polar surface area (TPSA) is 209 Å². The number of carboxylic acids is 3. The van der Waals surface area contributed by atoms with Gasteiger partial charge in [-0.25, -0.2) is 0 Å². The van der Waals surface area contributed by atoms with Crippen molar-refractivity contribution in [2.45, 2.75) is 75.2 Å². The Labute approximate surface area is 362 Å². The summed E-state index contributed by atoms with van der Waals surface area (Å²) in [7, 11) is -2.63. The molecule has 0 radical (unpaired) electrons. The summed E-state index contributed by atoms with van der Waals surface area (Å²) in [6.07, 6.45) is 2.59. The first-order chi connectivity index (χ1) is 22.8. The Hall–Kier alpha value is -1.46. The van der Waals surface area contributed by atoms with E-state index < -0.39 is 39.3 Å². The maximum Gasteiger partial charge on any atom is 1.00 e. The molecule has 246 valence electrons. The van der Waals surface area contributed by atoms with Gasteiger partial charge in [-0.3, -0.25) is 0 Å². The Balaban J connectivity index is 0.000000167. The average molecular weight is 720 g/mol. The van der Waals surface area contributed by atoms with Crippen molar-refractivity contribution in [3.8, 4) is 17.2 Å². The standard InChI is InChI=1S/3C11H11BO4.3Na/c3*1-5-2-3-6-7-4-8(7)12(15)16-10(6)9(5)11(13)14;;;/h3*2-3,7-8,15H,4H2,1H3,(H,13,14);;;/q;;;3*+1/p-3/t2*7-,8-;;;;/m10..../s1. The fourth-order valence-electron chi connectivity index (χ4n) is 7.40. The molecule has 12 nitrogen and oxygen atoms in total. The Kier molecular flexibility index (Phi) is 13.4. The van der Waals surface area contributed by atoms with E-state index in [2.05, 4.69) is 0 Å². The first-order valence-electron chi connectivity index (χ1n) is 15.9. The minimum Gasteiger partial charge on any atom is -0.545 e. The van der Waals surface area contributed by atoms with Gasteiger partial charge in [0.05, 0.1) is 17.9 Å². The summed E-state index contributed by atoms with van der Waals surface area (Å²) >= 11 is 0. The van der Waals surface area contributed by atoms with Crippen LogP contribution in [0.1, 0.15) is 101 Å². The number of carbonyl (C=O) groups excluding carboxylic acids is 3. The average Bonchev–Trinajstić information content (AvgIpc) is 3.87. The number of aromatic carboxylic acids is 3. The zero-order valence-corrected chi connectivity index (χ0v) is 35.3. The van der Waals surface area contributed by atoms with E-state index in [4.69, 9.17) is 14.0 Å². The van der Waals surface area contributed by atoms with Crippen LogP contribution in [-0.2, 0) is 0 Å². The maximum absolute atomic E-state index is 11.0.